The van der Waals surface area contributed by atoms with Gasteiger partial charge in [0.05, 0.1) is 29.6 Å². The molecule has 0 spiro atoms. The van der Waals surface area contributed by atoms with Crippen LogP contribution in [0.25, 0.3) is 0 Å². The summed E-state index contributed by atoms with van der Waals surface area (Å²) in [6.07, 6.45) is 2.31. The van der Waals surface area contributed by atoms with Gasteiger partial charge in [-0.15, -0.1) is 0 Å². The number of nitrogens with zero attached hydrogens (tertiary/aromatic N) is 1. The van der Waals surface area contributed by atoms with Crippen molar-refractivity contribution in [2.24, 2.45) is 27.7 Å². The number of hydroxylamine groups is 2. The molecular weight excluding hydrogens is 522 g/mol. The second kappa shape index (κ2) is 12.9. The van der Waals surface area contributed by atoms with Gasteiger partial charge < -0.3 is 23.9 Å². The van der Waals surface area contributed by atoms with E-state index in [-0.39, 0.29) is 25.7 Å². The van der Waals surface area contributed by atoms with Crippen molar-refractivity contribution in [3.8, 4) is 0 Å². The zero-order valence-corrected chi connectivity index (χ0v) is 23.6. The molecule has 0 saturated carbocycles. The Labute approximate surface area is 233 Å². The molecule has 218 valence electrons. The number of hydrogen-bond acceptors (Lipinski definition) is 10. The van der Waals surface area contributed by atoms with E-state index in [0.29, 0.717) is 0 Å². The molecule has 12 nitrogen and oxygen atoms in total. The second-order valence-electron chi connectivity index (χ2n) is 11.5. The van der Waals surface area contributed by atoms with E-state index in [1.807, 2.05) is 30.3 Å². The van der Waals surface area contributed by atoms with Crippen molar-refractivity contribution in [2.75, 3.05) is 13.2 Å². The summed E-state index contributed by atoms with van der Waals surface area (Å²) in [7, 11) is 0. The molecule has 0 aliphatic carbocycles. The Hall–Kier alpha value is -3.93. The molecule has 40 heavy (non-hydrogen) atoms. The molecule has 3 rings (SSSR count). The van der Waals surface area contributed by atoms with Crippen LogP contribution in [0.15, 0.2) is 47.5 Å². The van der Waals surface area contributed by atoms with Crippen molar-refractivity contribution >= 4 is 29.8 Å². The molecular formula is C28H37N3O9. The molecule has 0 radical (unpaired) electrons. The van der Waals surface area contributed by atoms with Crippen molar-refractivity contribution in [1.82, 2.24) is 11.0 Å². The molecule has 0 amide bonds. The van der Waals surface area contributed by atoms with Crippen LogP contribution in [0.1, 0.15) is 47.1 Å². The molecule has 2 N–H and O–H groups in total. The number of rotatable bonds is 7. The average Bonchev–Trinajstić information content (AvgIpc) is 3.52. The van der Waals surface area contributed by atoms with Crippen molar-refractivity contribution in [3.05, 3.63) is 48.0 Å². The number of esters is 2. The van der Waals surface area contributed by atoms with Crippen LogP contribution in [0.4, 0.5) is 0 Å². The largest absolute Gasteiger partial charge is 0.463 e. The average molecular weight is 560 g/mol. The predicted molar refractivity (Wildman–Crippen MR) is 142 cm³/mol. The van der Waals surface area contributed by atoms with Crippen molar-refractivity contribution in [2.45, 2.75) is 60.4 Å². The normalized spacial score (nSPS) is 21.2. The van der Waals surface area contributed by atoms with Gasteiger partial charge in [0, 0.05) is 0 Å². The van der Waals surface area contributed by atoms with Gasteiger partial charge in [0.2, 0.25) is 0 Å². The quantitative estimate of drug-likeness (QED) is 0.0964. The Bertz CT molecular complexity index is 1100. The van der Waals surface area contributed by atoms with Gasteiger partial charge in [0.1, 0.15) is 25.0 Å². The summed E-state index contributed by atoms with van der Waals surface area (Å²) >= 11 is 0. The topological polar surface area (TPSA) is 151 Å². The summed E-state index contributed by atoms with van der Waals surface area (Å²) in [5.74, 6) is -4.21. The maximum absolute atomic E-state index is 13.0. The predicted octanol–water partition coefficient (Wildman–Crippen LogP) is 2.39. The number of carbonyl (C=O) groups excluding carboxylic acids is 4. The summed E-state index contributed by atoms with van der Waals surface area (Å²) in [6.45, 7) is 9.82. The molecule has 1 fully saturated rings. The monoisotopic (exact) mass is 559 g/mol. The summed E-state index contributed by atoms with van der Waals surface area (Å²) in [4.78, 5) is 64.2. The first-order chi connectivity index (χ1) is 18.8. The molecule has 2 bridgehead atoms. The highest BCUT2D eigenvalue weighted by Gasteiger charge is 2.54. The lowest BCUT2D eigenvalue weighted by Crippen LogP contribution is -2.43. The maximum atomic E-state index is 13.0. The van der Waals surface area contributed by atoms with Crippen LogP contribution in [-0.4, -0.2) is 55.2 Å². The number of guanidine groups is 1. The highest BCUT2D eigenvalue weighted by molar-refractivity contribution is 5.85. The number of hydrogen-bond donors (Lipinski definition) is 2. The molecule has 2 aliphatic heterocycles. The van der Waals surface area contributed by atoms with Gasteiger partial charge in [0.25, 0.3) is 5.96 Å². The number of fused-ring (bicyclic) bond motifs is 2. The molecule has 1 aromatic rings. The van der Waals surface area contributed by atoms with Gasteiger partial charge >= 0.3 is 23.9 Å². The van der Waals surface area contributed by atoms with E-state index in [2.05, 4.69) is 16.0 Å². The lowest BCUT2D eigenvalue weighted by atomic mass is 9.83. The fraction of sp³-hybridized carbons (Fsp3) is 0.536. The van der Waals surface area contributed by atoms with E-state index >= 15 is 0 Å². The summed E-state index contributed by atoms with van der Waals surface area (Å²) < 4.78 is 16.6. The zero-order valence-electron chi connectivity index (χ0n) is 23.6. The van der Waals surface area contributed by atoms with E-state index in [0.717, 1.165) is 5.56 Å². The van der Waals surface area contributed by atoms with Crippen LogP contribution in [0.3, 0.4) is 0 Å². The molecule has 2 aliphatic rings. The number of benzene rings is 1. The van der Waals surface area contributed by atoms with Gasteiger partial charge in [0.15, 0.2) is 0 Å². The molecule has 12 heteroatoms. The number of aliphatic imine (C=N–C) groups is 1. The van der Waals surface area contributed by atoms with E-state index < -0.39 is 58.8 Å². The lowest BCUT2D eigenvalue weighted by Gasteiger charge is -2.22. The minimum absolute atomic E-state index is 0.0795. The number of carbonyl (C=O) groups is 4. The van der Waals surface area contributed by atoms with Crippen LogP contribution < -0.4 is 11.0 Å². The number of ether oxygens (including phenoxy) is 3. The van der Waals surface area contributed by atoms with Gasteiger partial charge in [-0.05, 0) is 47.1 Å². The lowest BCUT2D eigenvalue weighted by molar-refractivity contribution is -0.160. The van der Waals surface area contributed by atoms with E-state index in [1.54, 1.807) is 53.7 Å². The van der Waals surface area contributed by atoms with Crippen LogP contribution in [0.5, 0.6) is 0 Å². The Kier molecular flexibility index (Phi) is 9.91. The minimum atomic E-state index is -0.863. The van der Waals surface area contributed by atoms with Gasteiger partial charge in [-0.25, -0.2) is 14.6 Å². The van der Waals surface area contributed by atoms with Gasteiger partial charge in [-0.3, -0.25) is 9.59 Å². The first-order valence-electron chi connectivity index (χ1n) is 13.0. The molecule has 1 saturated heterocycles. The summed E-state index contributed by atoms with van der Waals surface area (Å²) in [6, 6.07) is 9.22. The summed E-state index contributed by atoms with van der Waals surface area (Å²) in [5, 5.41) is 0. The fourth-order valence-corrected chi connectivity index (χ4v) is 3.68. The van der Waals surface area contributed by atoms with Crippen molar-refractivity contribution < 1.29 is 43.1 Å². The highest BCUT2D eigenvalue weighted by atomic mass is 16.7. The van der Waals surface area contributed by atoms with Crippen molar-refractivity contribution in [1.29, 1.82) is 0 Å². The molecule has 2 heterocycles. The van der Waals surface area contributed by atoms with Crippen LogP contribution >= 0.6 is 0 Å². The van der Waals surface area contributed by atoms with E-state index in [1.165, 1.54) is 0 Å². The van der Waals surface area contributed by atoms with E-state index in [4.69, 9.17) is 23.9 Å². The van der Waals surface area contributed by atoms with Gasteiger partial charge in [-0.2, -0.15) is 11.0 Å². The van der Waals surface area contributed by atoms with Crippen LogP contribution in [-0.2, 0) is 49.7 Å². The number of nitrogens with one attached hydrogen (secondary N) is 2. The smallest absolute Gasteiger partial charge is 0.337 e. The molecule has 4 atom stereocenters. The zero-order chi connectivity index (χ0) is 29.5. The fourth-order valence-electron chi connectivity index (χ4n) is 3.68. The first-order valence-corrected chi connectivity index (χ1v) is 13.0. The molecule has 1 aromatic carbocycles. The Morgan fingerprint density at radius 1 is 0.800 bits per heavy atom. The van der Waals surface area contributed by atoms with Crippen LogP contribution in [0.2, 0.25) is 0 Å². The van der Waals surface area contributed by atoms with Crippen molar-refractivity contribution in [3.63, 3.8) is 0 Å². The van der Waals surface area contributed by atoms with Crippen LogP contribution in [0, 0.1) is 22.7 Å². The Morgan fingerprint density at radius 3 is 1.80 bits per heavy atom. The van der Waals surface area contributed by atoms with Gasteiger partial charge in [-0.1, -0.05) is 42.5 Å². The third kappa shape index (κ3) is 8.28. The summed E-state index contributed by atoms with van der Waals surface area (Å²) in [5.41, 5.74) is 3.88. The third-order valence-corrected chi connectivity index (χ3v) is 5.98. The third-order valence-electron chi connectivity index (χ3n) is 5.98. The standard InChI is InChI=1S/C28H37N3O9/c1-27(2,3)24(34)39-30-26(31-40-25(35)28(4,5)6)29-14-15-36-22(32)20-18-12-13-19(38-18)21(20)23(33)37-16-17-10-8-7-9-11-17/h7-13,18-21H,14-16H2,1-6H3,(H2,29,30,31). The Balaban J connectivity index is 1.56. The second-order valence-corrected chi connectivity index (χ2v) is 11.5. The molecule has 0 aromatic heterocycles. The first kappa shape index (κ1) is 30.6. The maximum Gasteiger partial charge on any atom is 0.337 e. The SMILES string of the molecule is CC(C)(C)C(=O)ONC(=NCCOC(=O)C1C2C=CC(O2)C1C(=O)OCc1ccccc1)NOC(=O)C(C)(C)C. The Morgan fingerprint density at radius 2 is 1.30 bits per heavy atom. The van der Waals surface area contributed by atoms with E-state index in [9.17, 15) is 19.2 Å². The molecule has 4 unspecified atom stereocenters. The minimum Gasteiger partial charge on any atom is -0.463 e. The highest BCUT2D eigenvalue weighted by Crippen LogP contribution is 2.40.